The highest BCUT2D eigenvalue weighted by atomic mass is 35.5. The van der Waals surface area contributed by atoms with E-state index >= 15 is 0 Å². The molecule has 164 valence electrons. The van der Waals surface area contributed by atoms with Crippen molar-refractivity contribution in [3.05, 3.63) is 69.5 Å². The Hall–Kier alpha value is -2.35. The summed E-state index contributed by atoms with van der Waals surface area (Å²) in [5.41, 5.74) is 1.46. The molecule has 0 spiro atoms. The number of hydrogen-bond acceptors (Lipinski definition) is 5. The van der Waals surface area contributed by atoms with Gasteiger partial charge in [-0.3, -0.25) is 14.2 Å². The van der Waals surface area contributed by atoms with Crippen LogP contribution in [0.25, 0.3) is 10.9 Å². The largest absolute Gasteiger partial charge is 0.385 e. The number of ether oxygens (including phenoxy) is 1. The Morgan fingerprint density at radius 2 is 2.00 bits per heavy atom. The number of amides is 1. The molecule has 2 aromatic carbocycles. The van der Waals surface area contributed by atoms with E-state index < -0.39 is 0 Å². The zero-order chi connectivity index (χ0) is 22.4. The summed E-state index contributed by atoms with van der Waals surface area (Å²) in [6, 6.07) is 14.9. The fourth-order valence-corrected chi connectivity index (χ4v) is 4.36. The maximum absolute atomic E-state index is 13.1. The first-order valence-electron chi connectivity index (χ1n) is 10.0. The van der Waals surface area contributed by atoms with Crippen LogP contribution in [-0.4, -0.2) is 46.9 Å². The third-order valence-corrected chi connectivity index (χ3v) is 6.39. The predicted molar refractivity (Wildman–Crippen MR) is 126 cm³/mol. The SMILES string of the molecule is COCCCn1c(SCC(=O)N(C)C(C)c2ccccc2)nc2cc(Cl)ccc2c1=O. The molecular formula is C23H26ClN3O3S. The van der Waals surface area contributed by atoms with Gasteiger partial charge in [-0.25, -0.2) is 4.98 Å². The van der Waals surface area contributed by atoms with Gasteiger partial charge in [-0.05, 0) is 37.1 Å². The maximum atomic E-state index is 13.1. The second-order valence-corrected chi connectivity index (χ2v) is 8.62. The van der Waals surface area contributed by atoms with Crippen LogP contribution >= 0.6 is 23.4 Å². The van der Waals surface area contributed by atoms with Crippen LogP contribution in [0.4, 0.5) is 0 Å². The molecule has 3 aromatic rings. The van der Waals surface area contributed by atoms with E-state index in [9.17, 15) is 9.59 Å². The summed E-state index contributed by atoms with van der Waals surface area (Å²) >= 11 is 7.36. The van der Waals surface area contributed by atoms with Crippen LogP contribution in [0.1, 0.15) is 24.9 Å². The van der Waals surface area contributed by atoms with Crippen LogP contribution in [0, 0.1) is 0 Å². The minimum Gasteiger partial charge on any atom is -0.385 e. The molecule has 1 atom stereocenters. The number of halogens is 1. The van der Waals surface area contributed by atoms with Crippen LogP contribution in [0.5, 0.6) is 0 Å². The van der Waals surface area contributed by atoms with E-state index in [1.807, 2.05) is 37.3 Å². The lowest BCUT2D eigenvalue weighted by molar-refractivity contribution is -0.128. The molecular weight excluding hydrogens is 434 g/mol. The number of carbonyl (C=O) groups excluding carboxylic acids is 1. The van der Waals surface area contributed by atoms with Crippen molar-refractivity contribution in [2.75, 3.05) is 26.5 Å². The fraction of sp³-hybridized carbons (Fsp3) is 0.348. The quantitative estimate of drug-likeness (QED) is 0.269. The van der Waals surface area contributed by atoms with E-state index in [1.165, 1.54) is 11.8 Å². The van der Waals surface area contributed by atoms with Crippen molar-refractivity contribution in [1.29, 1.82) is 0 Å². The Labute approximate surface area is 191 Å². The van der Waals surface area contributed by atoms with Crippen molar-refractivity contribution in [2.45, 2.75) is 31.1 Å². The number of rotatable bonds is 9. The van der Waals surface area contributed by atoms with Gasteiger partial charge in [0, 0.05) is 32.3 Å². The summed E-state index contributed by atoms with van der Waals surface area (Å²) < 4.78 is 6.74. The van der Waals surface area contributed by atoms with Crippen LogP contribution in [-0.2, 0) is 16.1 Å². The second-order valence-electron chi connectivity index (χ2n) is 7.24. The highest BCUT2D eigenvalue weighted by Gasteiger charge is 2.19. The Morgan fingerprint density at radius 1 is 1.26 bits per heavy atom. The average Bonchev–Trinajstić information content (AvgIpc) is 2.78. The monoisotopic (exact) mass is 459 g/mol. The van der Waals surface area contributed by atoms with Gasteiger partial charge in [0.2, 0.25) is 5.91 Å². The third-order valence-electron chi connectivity index (χ3n) is 5.19. The number of fused-ring (bicyclic) bond motifs is 1. The molecule has 1 amide bonds. The highest BCUT2D eigenvalue weighted by molar-refractivity contribution is 7.99. The maximum Gasteiger partial charge on any atom is 0.262 e. The van der Waals surface area contributed by atoms with Crippen molar-refractivity contribution >= 4 is 40.2 Å². The van der Waals surface area contributed by atoms with E-state index in [0.29, 0.717) is 40.7 Å². The van der Waals surface area contributed by atoms with Gasteiger partial charge in [0.15, 0.2) is 5.16 Å². The Kier molecular flexibility index (Phi) is 8.12. The molecule has 0 radical (unpaired) electrons. The van der Waals surface area contributed by atoms with E-state index in [1.54, 1.807) is 41.8 Å². The number of benzene rings is 2. The van der Waals surface area contributed by atoms with Crippen molar-refractivity contribution in [3.63, 3.8) is 0 Å². The van der Waals surface area contributed by atoms with Gasteiger partial charge < -0.3 is 9.64 Å². The molecule has 0 bridgehead atoms. The lowest BCUT2D eigenvalue weighted by atomic mass is 10.1. The van der Waals surface area contributed by atoms with Crippen molar-refractivity contribution in [3.8, 4) is 0 Å². The number of nitrogens with zero attached hydrogens (tertiary/aromatic N) is 3. The molecule has 8 heteroatoms. The molecule has 0 saturated carbocycles. The second kappa shape index (κ2) is 10.8. The van der Waals surface area contributed by atoms with Gasteiger partial charge >= 0.3 is 0 Å². The molecule has 0 aliphatic rings. The summed E-state index contributed by atoms with van der Waals surface area (Å²) in [6.45, 7) is 2.99. The number of methoxy groups -OCH3 is 1. The minimum atomic E-state index is -0.140. The molecule has 0 fully saturated rings. The topological polar surface area (TPSA) is 64.4 Å². The van der Waals surface area contributed by atoms with Crippen molar-refractivity contribution < 1.29 is 9.53 Å². The Balaban J connectivity index is 1.82. The first-order chi connectivity index (χ1) is 14.9. The summed E-state index contributed by atoms with van der Waals surface area (Å²) in [5, 5.41) is 1.53. The van der Waals surface area contributed by atoms with Gasteiger partial charge in [-0.2, -0.15) is 0 Å². The summed E-state index contributed by atoms with van der Waals surface area (Å²) in [6.07, 6.45) is 0.670. The average molecular weight is 460 g/mol. The van der Waals surface area contributed by atoms with Gasteiger partial charge in [0.05, 0.1) is 22.7 Å². The van der Waals surface area contributed by atoms with Gasteiger partial charge in [0.25, 0.3) is 5.56 Å². The summed E-state index contributed by atoms with van der Waals surface area (Å²) in [4.78, 5) is 32.3. The van der Waals surface area contributed by atoms with Crippen LogP contribution < -0.4 is 5.56 Å². The van der Waals surface area contributed by atoms with Gasteiger partial charge in [-0.1, -0.05) is 53.7 Å². The molecule has 1 unspecified atom stereocenters. The molecule has 6 nitrogen and oxygen atoms in total. The fourth-order valence-electron chi connectivity index (χ4n) is 3.25. The normalized spacial score (nSPS) is 12.1. The molecule has 0 aliphatic carbocycles. The molecule has 1 aromatic heterocycles. The number of aromatic nitrogens is 2. The predicted octanol–water partition coefficient (Wildman–Crippen LogP) is 4.40. The lowest BCUT2D eigenvalue weighted by Crippen LogP contribution is -2.31. The number of carbonyl (C=O) groups is 1. The molecule has 0 N–H and O–H groups in total. The first kappa shape index (κ1) is 23.3. The third kappa shape index (κ3) is 5.67. The molecule has 31 heavy (non-hydrogen) atoms. The van der Waals surface area contributed by atoms with Crippen LogP contribution in [0.3, 0.4) is 0 Å². The van der Waals surface area contributed by atoms with E-state index in [2.05, 4.69) is 4.98 Å². The van der Waals surface area contributed by atoms with Crippen LogP contribution in [0.15, 0.2) is 58.5 Å². The Bertz CT molecular complexity index is 1100. The molecule has 1 heterocycles. The number of thioether (sulfide) groups is 1. The number of hydrogen-bond donors (Lipinski definition) is 0. The lowest BCUT2D eigenvalue weighted by Gasteiger charge is -2.25. The molecule has 0 aliphatic heterocycles. The van der Waals surface area contributed by atoms with Crippen molar-refractivity contribution in [1.82, 2.24) is 14.5 Å². The van der Waals surface area contributed by atoms with Crippen LogP contribution in [0.2, 0.25) is 5.02 Å². The van der Waals surface area contributed by atoms with E-state index in [0.717, 1.165) is 5.56 Å². The standard InChI is InChI=1S/C23H26ClN3O3S/c1-16(17-8-5-4-6-9-17)26(2)21(28)15-31-23-25-20-14-18(24)10-11-19(20)22(29)27(23)12-7-13-30-3/h4-6,8-11,14,16H,7,12-13,15H2,1-3H3. The minimum absolute atomic E-state index is 0.0368. The van der Waals surface area contributed by atoms with Gasteiger partial charge in [-0.15, -0.1) is 0 Å². The van der Waals surface area contributed by atoms with Gasteiger partial charge in [0.1, 0.15) is 0 Å². The zero-order valence-electron chi connectivity index (χ0n) is 17.9. The highest BCUT2D eigenvalue weighted by Crippen LogP contribution is 2.23. The molecule has 0 saturated heterocycles. The van der Waals surface area contributed by atoms with Crippen molar-refractivity contribution in [2.24, 2.45) is 0 Å². The van der Waals surface area contributed by atoms with E-state index in [-0.39, 0.29) is 23.3 Å². The molecule has 3 rings (SSSR count). The zero-order valence-corrected chi connectivity index (χ0v) is 19.4. The smallest absolute Gasteiger partial charge is 0.262 e. The first-order valence-corrected chi connectivity index (χ1v) is 11.4. The summed E-state index contributed by atoms with van der Waals surface area (Å²) in [5.74, 6) is 0.140. The van der Waals surface area contributed by atoms with E-state index in [4.69, 9.17) is 16.3 Å². The summed E-state index contributed by atoms with van der Waals surface area (Å²) in [7, 11) is 3.42. The Morgan fingerprint density at radius 3 is 2.71 bits per heavy atom.